The van der Waals surface area contributed by atoms with Crippen LogP contribution in [-0.4, -0.2) is 10.9 Å². The van der Waals surface area contributed by atoms with Gasteiger partial charge in [0.2, 0.25) is 0 Å². The highest BCUT2D eigenvalue weighted by Crippen LogP contribution is 2.21. The van der Waals surface area contributed by atoms with E-state index < -0.39 is 5.82 Å². The molecule has 2 aromatic carbocycles. The zero-order chi connectivity index (χ0) is 17.8. The maximum atomic E-state index is 13.2. The number of benzene rings is 2. The lowest BCUT2D eigenvalue weighted by molar-refractivity contribution is 0.102. The summed E-state index contributed by atoms with van der Waals surface area (Å²) in [4.78, 5) is 16.4. The number of hydrogen-bond acceptors (Lipinski definition) is 3. The number of aryl methyl sites for hydroxylation is 2. The first-order valence-electron chi connectivity index (χ1n) is 7.88. The Balaban J connectivity index is 1.71. The molecule has 1 heterocycles. The Kier molecular flexibility index (Phi) is 4.75. The normalized spacial score (nSPS) is 10.4. The number of carbonyl (C=O) groups is 1. The molecule has 3 rings (SSSR count). The molecule has 4 nitrogen and oxygen atoms in total. The second kappa shape index (κ2) is 7.13. The second-order valence-electron chi connectivity index (χ2n) is 5.84. The Morgan fingerprint density at radius 2 is 1.84 bits per heavy atom. The molecule has 0 aliphatic heterocycles. The largest absolute Gasteiger partial charge is 0.354 e. The quantitative estimate of drug-likeness (QED) is 0.718. The predicted octanol–water partition coefficient (Wildman–Crippen LogP) is 4.83. The van der Waals surface area contributed by atoms with Gasteiger partial charge in [-0.15, -0.1) is 0 Å². The molecule has 0 aliphatic rings. The number of halogens is 1. The van der Waals surface area contributed by atoms with Gasteiger partial charge < -0.3 is 10.6 Å². The first-order valence-corrected chi connectivity index (χ1v) is 7.88. The molecule has 0 bridgehead atoms. The Labute approximate surface area is 145 Å². The lowest BCUT2D eigenvalue weighted by Crippen LogP contribution is -2.13. The van der Waals surface area contributed by atoms with E-state index in [-0.39, 0.29) is 11.6 Å². The summed E-state index contributed by atoms with van der Waals surface area (Å²) in [6, 6.07) is 15.3. The first kappa shape index (κ1) is 16.6. The number of nitrogens with zero attached hydrogens (tertiary/aromatic N) is 1. The summed E-state index contributed by atoms with van der Waals surface area (Å²) in [5.41, 5.74) is 4.72. The molecule has 25 heavy (non-hydrogen) atoms. The van der Waals surface area contributed by atoms with Crippen LogP contribution in [0.4, 0.5) is 21.5 Å². The van der Waals surface area contributed by atoms with Crippen molar-refractivity contribution in [3.8, 4) is 0 Å². The van der Waals surface area contributed by atoms with E-state index in [4.69, 9.17) is 0 Å². The zero-order valence-electron chi connectivity index (χ0n) is 14.0. The fraction of sp³-hybridized carbons (Fsp3) is 0.100. The molecule has 0 fully saturated rings. The smallest absolute Gasteiger partial charge is 0.274 e. The van der Waals surface area contributed by atoms with E-state index in [2.05, 4.69) is 27.8 Å². The summed E-state index contributed by atoms with van der Waals surface area (Å²) >= 11 is 0. The molecule has 0 saturated carbocycles. The zero-order valence-corrected chi connectivity index (χ0v) is 14.0. The average Bonchev–Trinajstić information content (AvgIpc) is 2.59. The van der Waals surface area contributed by atoms with Crippen LogP contribution in [0.5, 0.6) is 0 Å². The van der Waals surface area contributed by atoms with Gasteiger partial charge in [0.1, 0.15) is 11.5 Å². The van der Waals surface area contributed by atoms with E-state index in [0.717, 1.165) is 22.5 Å². The molecular formula is C20H18FN3O. The van der Waals surface area contributed by atoms with E-state index in [1.165, 1.54) is 18.2 Å². The van der Waals surface area contributed by atoms with Crippen molar-refractivity contribution in [1.29, 1.82) is 0 Å². The van der Waals surface area contributed by atoms with Crippen molar-refractivity contribution in [2.75, 3.05) is 10.6 Å². The number of anilines is 3. The van der Waals surface area contributed by atoms with Gasteiger partial charge in [0.25, 0.3) is 5.91 Å². The number of pyridine rings is 1. The summed E-state index contributed by atoms with van der Waals surface area (Å²) in [5.74, 6) is -0.789. The number of amides is 1. The summed E-state index contributed by atoms with van der Waals surface area (Å²) in [6.07, 6.45) is 1.60. The van der Waals surface area contributed by atoms with Gasteiger partial charge in [-0.25, -0.2) is 9.37 Å². The summed E-state index contributed by atoms with van der Waals surface area (Å²) in [7, 11) is 0. The third kappa shape index (κ3) is 4.20. The molecule has 2 N–H and O–H groups in total. The Morgan fingerprint density at radius 3 is 2.56 bits per heavy atom. The summed E-state index contributed by atoms with van der Waals surface area (Å²) in [5, 5.41) is 5.92. The van der Waals surface area contributed by atoms with Crippen LogP contribution in [-0.2, 0) is 0 Å². The molecule has 1 amide bonds. The predicted molar refractivity (Wildman–Crippen MR) is 97.8 cm³/mol. The standard InChI is InChI=1S/C20H18FN3O/c1-13-6-7-14(2)19(10-13)23-17-8-9-18(22-12-17)20(25)24-16-5-3-4-15(21)11-16/h3-12,23H,1-2H3,(H,24,25). The molecule has 0 radical (unpaired) electrons. The SMILES string of the molecule is Cc1ccc(C)c(Nc2ccc(C(=O)Nc3cccc(F)c3)nc2)c1. The molecule has 0 saturated heterocycles. The fourth-order valence-corrected chi connectivity index (χ4v) is 2.39. The molecular weight excluding hydrogens is 317 g/mol. The Bertz CT molecular complexity index is 907. The highest BCUT2D eigenvalue weighted by atomic mass is 19.1. The fourth-order valence-electron chi connectivity index (χ4n) is 2.39. The average molecular weight is 335 g/mol. The van der Waals surface area contributed by atoms with Crippen LogP contribution in [0.2, 0.25) is 0 Å². The topological polar surface area (TPSA) is 54.0 Å². The van der Waals surface area contributed by atoms with Crippen molar-refractivity contribution in [2.45, 2.75) is 13.8 Å². The van der Waals surface area contributed by atoms with Crippen LogP contribution in [0.3, 0.4) is 0 Å². The van der Waals surface area contributed by atoms with Gasteiger partial charge in [-0.3, -0.25) is 4.79 Å². The van der Waals surface area contributed by atoms with Crippen molar-refractivity contribution >= 4 is 23.0 Å². The van der Waals surface area contributed by atoms with Gasteiger partial charge in [-0.05, 0) is 61.4 Å². The molecule has 126 valence electrons. The monoisotopic (exact) mass is 335 g/mol. The number of rotatable bonds is 4. The molecule has 0 unspecified atom stereocenters. The third-order valence-corrected chi connectivity index (χ3v) is 3.75. The number of carbonyl (C=O) groups excluding carboxylic acids is 1. The Morgan fingerprint density at radius 1 is 1.00 bits per heavy atom. The van der Waals surface area contributed by atoms with Crippen molar-refractivity contribution in [2.24, 2.45) is 0 Å². The van der Waals surface area contributed by atoms with Crippen molar-refractivity contribution < 1.29 is 9.18 Å². The van der Waals surface area contributed by atoms with Crippen LogP contribution in [0.25, 0.3) is 0 Å². The van der Waals surface area contributed by atoms with E-state index in [0.29, 0.717) is 5.69 Å². The van der Waals surface area contributed by atoms with Crippen LogP contribution in [0.15, 0.2) is 60.8 Å². The van der Waals surface area contributed by atoms with E-state index in [1.807, 2.05) is 19.9 Å². The molecule has 3 aromatic rings. The summed E-state index contributed by atoms with van der Waals surface area (Å²) < 4.78 is 13.2. The minimum absolute atomic E-state index is 0.260. The van der Waals surface area contributed by atoms with Crippen molar-refractivity contribution in [3.63, 3.8) is 0 Å². The Hall–Kier alpha value is -3.21. The van der Waals surface area contributed by atoms with Gasteiger partial charge in [-0.1, -0.05) is 18.2 Å². The van der Waals surface area contributed by atoms with Crippen molar-refractivity contribution in [3.05, 3.63) is 83.4 Å². The van der Waals surface area contributed by atoms with Crippen LogP contribution in [0, 0.1) is 19.7 Å². The van der Waals surface area contributed by atoms with Gasteiger partial charge in [0.15, 0.2) is 0 Å². The second-order valence-corrected chi connectivity index (χ2v) is 5.84. The first-order chi connectivity index (χ1) is 12.0. The lowest BCUT2D eigenvalue weighted by atomic mass is 10.1. The van der Waals surface area contributed by atoms with Crippen LogP contribution in [0.1, 0.15) is 21.6 Å². The van der Waals surface area contributed by atoms with Gasteiger partial charge in [0.05, 0.1) is 11.9 Å². The van der Waals surface area contributed by atoms with Crippen molar-refractivity contribution in [1.82, 2.24) is 4.98 Å². The summed E-state index contributed by atoms with van der Waals surface area (Å²) in [6.45, 7) is 4.05. The maximum Gasteiger partial charge on any atom is 0.274 e. The molecule has 0 spiro atoms. The van der Waals surface area contributed by atoms with E-state index in [9.17, 15) is 9.18 Å². The minimum atomic E-state index is -0.404. The minimum Gasteiger partial charge on any atom is -0.354 e. The highest BCUT2D eigenvalue weighted by molar-refractivity contribution is 6.02. The third-order valence-electron chi connectivity index (χ3n) is 3.75. The van der Waals surface area contributed by atoms with Crippen LogP contribution >= 0.6 is 0 Å². The van der Waals surface area contributed by atoms with E-state index >= 15 is 0 Å². The molecule has 0 aliphatic carbocycles. The van der Waals surface area contributed by atoms with Crippen LogP contribution < -0.4 is 10.6 Å². The number of hydrogen-bond donors (Lipinski definition) is 2. The highest BCUT2D eigenvalue weighted by Gasteiger charge is 2.08. The van der Waals surface area contributed by atoms with Gasteiger partial charge in [-0.2, -0.15) is 0 Å². The molecule has 0 atom stereocenters. The maximum absolute atomic E-state index is 13.2. The number of nitrogens with one attached hydrogen (secondary N) is 2. The van der Waals surface area contributed by atoms with Gasteiger partial charge >= 0.3 is 0 Å². The van der Waals surface area contributed by atoms with E-state index in [1.54, 1.807) is 24.4 Å². The van der Waals surface area contributed by atoms with Gasteiger partial charge in [0, 0.05) is 11.4 Å². The molecule has 5 heteroatoms. The lowest BCUT2D eigenvalue weighted by Gasteiger charge is -2.11. The molecule has 1 aromatic heterocycles. The number of aromatic nitrogens is 1.